The lowest BCUT2D eigenvalue weighted by Gasteiger charge is -2.44. The zero-order valence-corrected chi connectivity index (χ0v) is 18.7. The maximum Gasteiger partial charge on any atom is 0.0904 e. The predicted molar refractivity (Wildman–Crippen MR) is 117 cm³/mol. The van der Waals surface area contributed by atoms with E-state index in [2.05, 4.69) is 54.2 Å². The van der Waals surface area contributed by atoms with Gasteiger partial charge in [-0.3, -0.25) is 0 Å². The fourth-order valence-corrected chi connectivity index (χ4v) is 6.20. The van der Waals surface area contributed by atoms with Crippen molar-refractivity contribution < 1.29 is 0 Å². The van der Waals surface area contributed by atoms with Gasteiger partial charge in [0.15, 0.2) is 0 Å². The van der Waals surface area contributed by atoms with Crippen LogP contribution >= 0.6 is 0 Å². The van der Waals surface area contributed by atoms with Gasteiger partial charge in [-0.25, -0.2) is 0 Å². The van der Waals surface area contributed by atoms with Crippen LogP contribution in [0, 0.1) is 47.3 Å². The van der Waals surface area contributed by atoms with Gasteiger partial charge in [0, 0.05) is 5.41 Å². The topological polar surface area (TPSA) is 0 Å². The van der Waals surface area contributed by atoms with Crippen molar-refractivity contribution in [2.75, 3.05) is 0 Å². The zero-order chi connectivity index (χ0) is 19.4. The molecule has 0 spiro atoms. The highest BCUT2D eigenvalue weighted by Crippen LogP contribution is 2.49. The van der Waals surface area contributed by atoms with E-state index in [4.69, 9.17) is 0 Å². The van der Waals surface area contributed by atoms with E-state index < -0.39 is 0 Å². The Balaban J connectivity index is 1.89. The Labute approximate surface area is 165 Å². The quantitative estimate of drug-likeness (QED) is 0.301. The van der Waals surface area contributed by atoms with Gasteiger partial charge in [-0.1, -0.05) is 47.1 Å². The van der Waals surface area contributed by atoms with Gasteiger partial charge < -0.3 is 0 Å². The Morgan fingerprint density at radius 1 is 0.885 bits per heavy atom. The molecule has 0 aliphatic heterocycles. The van der Waals surface area contributed by atoms with Crippen molar-refractivity contribution in [2.45, 2.75) is 105 Å². The van der Waals surface area contributed by atoms with E-state index in [1.165, 1.54) is 64.2 Å². The SMILES string of the molecule is C=CC1CCC(C(C)(C)CC(CC)C2CCC(C(C)(C)C[CH2+])CC2)CC1. The first-order chi connectivity index (χ1) is 12.2. The Morgan fingerprint density at radius 2 is 1.38 bits per heavy atom. The molecule has 0 heterocycles. The number of allylic oxidation sites excluding steroid dienone is 1. The summed E-state index contributed by atoms with van der Waals surface area (Å²) in [6, 6.07) is 0. The van der Waals surface area contributed by atoms with Gasteiger partial charge in [-0.15, -0.1) is 6.58 Å². The third-order valence-electron chi connectivity index (χ3n) is 8.71. The van der Waals surface area contributed by atoms with Gasteiger partial charge in [0.2, 0.25) is 0 Å². The average molecular weight is 360 g/mol. The van der Waals surface area contributed by atoms with Crippen molar-refractivity contribution in [3.8, 4) is 0 Å². The molecular formula is C26H47+. The maximum absolute atomic E-state index is 4.21. The molecule has 2 fully saturated rings. The van der Waals surface area contributed by atoms with Crippen molar-refractivity contribution in [2.24, 2.45) is 40.4 Å². The number of hydrogen-bond acceptors (Lipinski definition) is 0. The van der Waals surface area contributed by atoms with E-state index in [-0.39, 0.29) is 0 Å². The molecule has 26 heavy (non-hydrogen) atoms. The van der Waals surface area contributed by atoms with E-state index in [1.54, 1.807) is 0 Å². The average Bonchev–Trinajstić information content (AvgIpc) is 2.66. The fourth-order valence-electron chi connectivity index (χ4n) is 6.20. The predicted octanol–water partition coefficient (Wildman–Crippen LogP) is 8.48. The van der Waals surface area contributed by atoms with Gasteiger partial charge in [0.25, 0.3) is 0 Å². The largest absolute Gasteiger partial charge is 0.103 e. The Morgan fingerprint density at radius 3 is 1.85 bits per heavy atom. The lowest BCUT2D eigenvalue weighted by atomic mass is 9.61. The van der Waals surface area contributed by atoms with E-state index >= 15 is 0 Å². The molecule has 0 N–H and O–H groups in total. The molecule has 0 aromatic rings. The highest BCUT2D eigenvalue weighted by Gasteiger charge is 2.39. The molecule has 1 unspecified atom stereocenters. The zero-order valence-electron chi connectivity index (χ0n) is 18.7. The van der Waals surface area contributed by atoms with E-state index in [1.807, 2.05) is 0 Å². The Kier molecular flexibility index (Phi) is 7.75. The lowest BCUT2D eigenvalue weighted by Crippen LogP contribution is -2.34. The molecule has 1 atom stereocenters. The molecule has 0 bridgehead atoms. The van der Waals surface area contributed by atoms with Gasteiger partial charge in [-0.05, 0) is 92.8 Å². The second kappa shape index (κ2) is 9.20. The van der Waals surface area contributed by atoms with Crippen molar-refractivity contribution in [1.82, 2.24) is 0 Å². The molecule has 0 aromatic heterocycles. The summed E-state index contributed by atoms with van der Waals surface area (Å²) in [5.74, 6) is 4.52. The molecular weight excluding hydrogens is 312 g/mol. The lowest BCUT2D eigenvalue weighted by molar-refractivity contribution is 0.0632. The van der Waals surface area contributed by atoms with Crippen LogP contribution in [0.5, 0.6) is 0 Å². The van der Waals surface area contributed by atoms with Crippen LogP contribution in [-0.2, 0) is 0 Å². The monoisotopic (exact) mass is 359 g/mol. The summed E-state index contributed by atoms with van der Waals surface area (Å²) in [5.41, 5.74) is 0.950. The second-order valence-electron chi connectivity index (χ2n) is 11.1. The fraction of sp³-hybridized carbons (Fsp3) is 0.885. The molecule has 0 radical (unpaired) electrons. The van der Waals surface area contributed by atoms with Crippen molar-refractivity contribution in [3.63, 3.8) is 0 Å². The molecule has 2 aliphatic carbocycles. The number of hydrogen-bond donors (Lipinski definition) is 0. The minimum absolute atomic E-state index is 0.440. The molecule has 2 aliphatic rings. The first kappa shape index (κ1) is 21.9. The highest BCUT2D eigenvalue weighted by atomic mass is 14.4. The first-order valence-corrected chi connectivity index (χ1v) is 11.6. The van der Waals surface area contributed by atoms with Crippen molar-refractivity contribution >= 4 is 0 Å². The third kappa shape index (κ3) is 5.32. The number of rotatable bonds is 8. The normalized spacial score (nSPS) is 32.2. The molecule has 150 valence electrons. The molecule has 2 rings (SSSR count). The summed E-state index contributed by atoms with van der Waals surface area (Å²) in [6.45, 7) is 20.7. The summed E-state index contributed by atoms with van der Waals surface area (Å²) in [7, 11) is 0. The smallest absolute Gasteiger partial charge is 0.0904 e. The summed E-state index contributed by atoms with van der Waals surface area (Å²) in [4.78, 5) is 0. The van der Waals surface area contributed by atoms with Gasteiger partial charge in [-0.2, -0.15) is 0 Å². The Hall–Kier alpha value is -0.390. The summed E-state index contributed by atoms with van der Waals surface area (Å²) >= 11 is 0. The van der Waals surface area contributed by atoms with Crippen LogP contribution in [0.15, 0.2) is 12.7 Å². The van der Waals surface area contributed by atoms with Crippen LogP contribution in [-0.4, -0.2) is 0 Å². The summed E-state index contributed by atoms with van der Waals surface area (Å²) in [6.07, 6.45) is 17.5. The molecule has 0 nitrogen and oxygen atoms in total. The van der Waals surface area contributed by atoms with E-state index in [9.17, 15) is 0 Å². The summed E-state index contributed by atoms with van der Waals surface area (Å²) < 4.78 is 0. The third-order valence-corrected chi connectivity index (χ3v) is 8.71. The van der Waals surface area contributed by atoms with Crippen LogP contribution in [0.25, 0.3) is 0 Å². The highest BCUT2D eigenvalue weighted by molar-refractivity contribution is 4.91. The van der Waals surface area contributed by atoms with Crippen molar-refractivity contribution in [3.05, 3.63) is 19.6 Å². The molecule has 0 amide bonds. The maximum atomic E-state index is 4.21. The first-order valence-electron chi connectivity index (χ1n) is 11.6. The van der Waals surface area contributed by atoms with Crippen molar-refractivity contribution in [1.29, 1.82) is 0 Å². The molecule has 0 saturated heterocycles. The van der Waals surface area contributed by atoms with Crippen LogP contribution < -0.4 is 0 Å². The van der Waals surface area contributed by atoms with Gasteiger partial charge in [0.05, 0.1) is 13.3 Å². The van der Waals surface area contributed by atoms with Gasteiger partial charge >= 0.3 is 0 Å². The Bertz CT molecular complexity index is 413. The van der Waals surface area contributed by atoms with Crippen LogP contribution in [0.3, 0.4) is 0 Å². The van der Waals surface area contributed by atoms with E-state index in [0.717, 1.165) is 36.0 Å². The molecule has 0 aromatic carbocycles. The van der Waals surface area contributed by atoms with Crippen LogP contribution in [0.4, 0.5) is 0 Å². The minimum Gasteiger partial charge on any atom is -0.103 e. The second-order valence-corrected chi connectivity index (χ2v) is 11.1. The minimum atomic E-state index is 0.440. The van der Waals surface area contributed by atoms with E-state index in [0.29, 0.717) is 10.8 Å². The van der Waals surface area contributed by atoms with Crippen LogP contribution in [0.1, 0.15) is 105 Å². The van der Waals surface area contributed by atoms with Crippen LogP contribution in [0.2, 0.25) is 0 Å². The van der Waals surface area contributed by atoms with Gasteiger partial charge in [0.1, 0.15) is 0 Å². The molecule has 2 saturated carbocycles. The molecule has 0 heteroatoms. The standard InChI is InChI=1S/C26H47/c1-8-20-11-15-24(16-12-20)26(6,7)19-21(9-2)22-13-17-23(18-14-22)25(4,5)10-3/h8,20-24H,1,3,9-19H2,2,4-7H3/q+1. The summed E-state index contributed by atoms with van der Waals surface area (Å²) in [5, 5.41) is 0.